The van der Waals surface area contributed by atoms with Gasteiger partial charge < -0.3 is 5.14 Å². The van der Waals surface area contributed by atoms with Gasteiger partial charge in [0.05, 0.1) is 0 Å². The van der Waals surface area contributed by atoms with Crippen molar-refractivity contribution >= 4 is 10.2 Å². The molecule has 4 nitrogen and oxygen atoms in total. The van der Waals surface area contributed by atoms with E-state index in [2.05, 4.69) is 0 Å². The molecule has 0 aromatic heterocycles. The summed E-state index contributed by atoms with van der Waals surface area (Å²) in [5, 5.41) is 6.28. The van der Waals surface area contributed by atoms with Crippen LogP contribution in [0.3, 0.4) is 0 Å². The predicted octanol–water partition coefficient (Wildman–Crippen LogP) is -3.15. The second kappa shape index (κ2) is 3.48. The van der Waals surface area contributed by atoms with Crippen LogP contribution in [0.25, 0.3) is 5.14 Å². The van der Waals surface area contributed by atoms with E-state index in [1.54, 1.807) is 0 Å². The van der Waals surface area contributed by atoms with Crippen molar-refractivity contribution in [3.05, 3.63) is 5.14 Å². The minimum atomic E-state index is -3.66. The average Bonchev–Trinajstić information content (AvgIpc) is 1.31. The monoisotopic (exact) mass is 130 g/mol. The van der Waals surface area contributed by atoms with Crippen molar-refractivity contribution in [3.63, 3.8) is 0 Å². The van der Waals surface area contributed by atoms with E-state index < -0.39 is 10.2 Å². The topological polar surface area (TPSA) is 61.2 Å². The molecule has 0 unspecified atom stereocenters. The van der Waals surface area contributed by atoms with Crippen LogP contribution in [0.2, 0.25) is 0 Å². The number of rotatable bonds is 1. The molecule has 0 rings (SSSR count). The maximum atomic E-state index is 9.92. The van der Waals surface area contributed by atoms with Gasteiger partial charge in [-0.15, -0.1) is 0 Å². The van der Waals surface area contributed by atoms with Gasteiger partial charge in [-0.25, -0.2) is 12.7 Å². The molecule has 0 aromatic carbocycles. The first-order valence-electron chi connectivity index (χ1n) is 1.61. The van der Waals surface area contributed by atoms with Gasteiger partial charge in [-0.1, -0.05) is 0 Å². The van der Waals surface area contributed by atoms with Gasteiger partial charge >= 0.3 is 18.9 Å². The van der Waals surface area contributed by atoms with Crippen molar-refractivity contribution in [2.24, 2.45) is 0 Å². The van der Waals surface area contributed by atoms with Crippen LogP contribution in [0.1, 0.15) is 0 Å². The third-order valence-electron chi connectivity index (χ3n) is 0.481. The van der Waals surface area contributed by atoms with E-state index in [0.29, 0.717) is 0 Å². The van der Waals surface area contributed by atoms with Crippen LogP contribution in [0, 0.1) is 0 Å². The maximum Gasteiger partial charge on any atom is 1.00 e. The summed E-state index contributed by atoms with van der Waals surface area (Å²) in [4.78, 5) is 0. The Morgan fingerprint density at radius 3 is 1.50 bits per heavy atom. The van der Waals surface area contributed by atoms with Crippen LogP contribution < -0.4 is 18.9 Å². The Kier molecular flexibility index (Phi) is 4.92. The molecule has 1 N–H and O–H groups in total. The zero-order valence-electron chi connectivity index (χ0n) is 5.17. The summed E-state index contributed by atoms with van der Waals surface area (Å²) >= 11 is 0. The Balaban J connectivity index is 0. The number of nitrogens with one attached hydrogen (secondary N) is 1. The molecule has 0 heterocycles. The van der Waals surface area contributed by atoms with Crippen molar-refractivity contribution in [1.82, 2.24) is 4.31 Å². The summed E-state index contributed by atoms with van der Waals surface area (Å²) in [6.07, 6.45) is 0. The number of hydrogen-bond donors (Lipinski definition) is 0. The molecular weight excluding hydrogens is 123 g/mol. The van der Waals surface area contributed by atoms with Gasteiger partial charge in [0.25, 0.3) is 0 Å². The van der Waals surface area contributed by atoms with Gasteiger partial charge in [0.2, 0.25) is 0 Å². The van der Waals surface area contributed by atoms with E-state index in [9.17, 15) is 8.42 Å². The first-order valence-corrected chi connectivity index (χ1v) is 3.05. The second-order valence-electron chi connectivity index (χ2n) is 1.29. The average molecular weight is 130 g/mol. The van der Waals surface area contributed by atoms with Crippen LogP contribution >= 0.6 is 0 Å². The fourth-order valence-corrected chi connectivity index (χ4v) is 0. The van der Waals surface area contributed by atoms with Crippen LogP contribution in [0.4, 0.5) is 0 Å². The van der Waals surface area contributed by atoms with Crippen LogP contribution in [0.5, 0.6) is 0 Å². The Labute approximate surface area is 61.4 Å². The molecule has 0 aliphatic heterocycles. The van der Waals surface area contributed by atoms with Crippen molar-refractivity contribution in [3.8, 4) is 0 Å². The van der Waals surface area contributed by atoms with Crippen molar-refractivity contribution in [1.29, 1.82) is 0 Å². The van der Waals surface area contributed by atoms with Crippen molar-refractivity contribution in [2.75, 3.05) is 14.1 Å². The van der Waals surface area contributed by atoms with E-state index in [-0.39, 0.29) is 18.9 Å². The molecule has 0 saturated carbocycles. The van der Waals surface area contributed by atoms with Crippen molar-refractivity contribution < 1.29 is 27.3 Å². The minimum absolute atomic E-state index is 0. The molecule has 44 valence electrons. The SMILES string of the molecule is CN(C)S([NH-])(=O)=O.[Li+]. The van der Waals surface area contributed by atoms with Gasteiger partial charge in [-0.05, 0) is 0 Å². The largest absolute Gasteiger partial charge is 1.00 e. The smallest absolute Gasteiger partial charge is 0.550 e. The molecule has 0 aliphatic rings. The molecule has 0 spiro atoms. The molecule has 0 fully saturated rings. The van der Waals surface area contributed by atoms with Gasteiger partial charge in [-0.2, -0.15) is 0 Å². The fourth-order valence-electron chi connectivity index (χ4n) is 0. The Morgan fingerprint density at radius 1 is 1.38 bits per heavy atom. The molecule has 0 bridgehead atoms. The molecule has 6 heteroatoms. The van der Waals surface area contributed by atoms with Gasteiger partial charge in [0.1, 0.15) is 10.2 Å². The third-order valence-corrected chi connectivity index (χ3v) is 1.44. The van der Waals surface area contributed by atoms with Crippen LogP contribution in [0.15, 0.2) is 0 Å². The first-order chi connectivity index (χ1) is 2.94. The zero-order valence-corrected chi connectivity index (χ0v) is 5.99. The van der Waals surface area contributed by atoms with Crippen LogP contribution in [-0.4, -0.2) is 26.8 Å². The first kappa shape index (κ1) is 11.3. The summed E-state index contributed by atoms with van der Waals surface area (Å²) in [5.74, 6) is 0. The number of nitrogens with zero attached hydrogens (tertiary/aromatic N) is 1. The van der Waals surface area contributed by atoms with E-state index in [4.69, 9.17) is 5.14 Å². The van der Waals surface area contributed by atoms with E-state index >= 15 is 0 Å². The normalized spacial score (nSPS) is 11.0. The fraction of sp³-hybridized carbons (Fsp3) is 1.00. The second-order valence-corrected chi connectivity index (χ2v) is 2.97. The summed E-state index contributed by atoms with van der Waals surface area (Å²) in [5.41, 5.74) is 0. The van der Waals surface area contributed by atoms with Gasteiger partial charge in [0, 0.05) is 14.1 Å². The van der Waals surface area contributed by atoms with E-state index in [0.717, 1.165) is 4.31 Å². The zero-order chi connectivity index (χ0) is 6.08. The summed E-state index contributed by atoms with van der Waals surface area (Å²) in [7, 11) is -1.04. The molecule has 0 atom stereocenters. The Hall–Kier alpha value is 0.467. The van der Waals surface area contributed by atoms with Gasteiger partial charge in [0.15, 0.2) is 0 Å². The minimum Gasteiger partial charge on any atom is -0.550 e. The molecule has 0 aromatic rings. The summed E-state index contributed by atoms with van der Waals surface area (Å²) in [6, 6.07) is 0. The van der Waals surface area contributed by atoms with Crippen molar-refractivity contribution in [2.45, 2.75) is 0 Å². The molecule has 0 amide bonds. The standard InChI is InChI=1S/C2H7N2O2S.Li/c1-4(2)7(3,5)6;/h1-2H3,(H-,3,5,6);/q-1;+1. The van der Waals surface area contributed by atoms with E-state index in [1.807, 2.05) is 0 Å². The molecular formula is C2H7LiN2O2S. The quantitative estimate of drug-likeness (QED) is 0.352. The van der Waals surface area contributed by atoms with Crippen LogP contribution in [-0.2, 0) is 10.2 Å². The summed E-state index contributed by atoms with van der Waals surface area (Å²) in [6.45, 7) is 0. The molecule has 0 aliphatic carbocycles. The Bertz CT molecular complexity index is 140. The molecule has 0 radical (unpaired) electrons. The number of hydrogen-bond acceptors (Lipinski definition) is 2. The Morgan fingerprint density at radius 2 is 1.50 bits per heavy atom. The summed E-state index contributed by atoms with van der Waals surface area (Å²) < 4.78 is 20.7. The molecule has 8 heavy (non-hydrogen) atoms. The maximum absolute atomic E-state index is 9.92. The van der Waals surface area contributed by atoms with Gasteiger partial charge in [-0.3, -0.25) is 0 Å². The predicted molar refractivity (Wildman–Crippen MR) is 26.9 cm³/mol. The third kappa shape index (κ3) is 4.62. The molecule has 0 saturated heterocycles. The van der Waals surface area contributed by atoms with E-state index in [1.165, 1.54) is 14.1 Å².